The lowest BCUT2D eigenvalue weighted by molar-refractivity contribution is -0.120. The van der Waals surface area contributed by atoms with Crippen molar-refractivity contribution in [3.8, 4) is 0 Å². The highest BCUT2D eigenvalue weighted by Gasteiger charge is 2.24. The molecule has 0 aliphatic carbocycles. The van der Waals surface area contributed by atoms with Crippen LogP contribution in [-0.2, 0) is 11.2 Å². The summed E-state index contributed by atoms with van der Waals surface area (Å²) in [5.74, 6) is 0.488. The van der Waals surface area contributed by atoms with Gasteiger partial charge < -0.3 is 4.52 Å². The van der Waals surface area contributed by atoms with Gasteiger partial charge in [0.2, 0.25) is 11.8 Å². The van der Waals surface area contributed by atoms with Crippen molar-refractivity contribution in [2.24, 2.45) is 0 Å². The highest BCUT2D eigenvalue weighted by Crippen LogP contribution is 2.20. The minimum absolute atomic E-state index is 0.00574. The third-order valence-corrected chi connectivity index (χ3v) is 4.16. The van der Waals surface area contributed by atoms with E-state index >= 15 is 0 Å². The molecule has 1 aromatic heterocycles. The molecule has 1 N–H and O–H groups in total. The predicted octanol–water partition coefficient (Wildman–Crippen LogP) is 2.75. The fourth-order valence-electron chi connectivity index (χ4n) is 2.68. The van der Waals surface area contributed by atoms with E-state index in [1.54, 1.807) is 0 Å². The van der Waals surface area contributed by atoms with Gasteiger partial charge in [0.25, 0.3) is 0 Å². The van der Waals surface area contributed by atoms with Gasteiger partial charge in [-0.1, -0.05) is 24.9 Å². The van der Waals surface area contributed by atoms with Gasteiger partial charge >= 0.3 is 0 Å². The van der Waals surface area contributed by atoms with E-state index in [9.17, 15) is 4.79 Å². The van der Waals surface area contributed by atoms with Gasteiger partial charge in [-0.05, 0) is 46.2 Å². The molecule has 5 nitrogen and oxygen atoms in total. The molecule has 0 saturated carbocycles. The van der Waals surface area contributed by atoms with Crippen LogP contribution in [0.3, 0.4) is 0 Å². The number of rotatable bonds is 4. The number of carbonyl (C=O) groups excluding carboxylic acids is 1. The first-order valence-electron chi connectivity index (χ1n) is 7.63. The number of aryl methyl sites for hydroxylation is 1. The number of likely N-dealkylation sites (tertiary alicyclic amines) is 1. The zero-order valence-corrected chi connectivity index (χ0v) is 12.7. The molecule has 112 valence electrons. The molecule has 0 bridgehead atoms. The number of nitrogens with one attached hydrogen (secondary N) is 1. The fraction of sp³-hybridized carbons (Fsp3) is 0.733. The average molecular weight is 279 g/mol. The van der Waals surface area contributed by atoms with Gasteiger partial charge in [-0.3, -0.25) is 15.0 Å². The van der Waals surface area contributed by atoms with Gasteiger partial charge in [-0.25, -0.2) is 0 Å². The van der Waals surface area contributed by atoms with E-state index in [4.69, 9.17) is 4.52 Å². The molecular weight excluding hydrogens is 254 g/mol. The molecule has 1 saturated heterocycles. The number of anilines is 1. The maximum atomic E-state index is 12.3. The van der Waals surface area contributed by atoms with Gasteiger partial charge in [0, 0.05) is 5.56 Å². The molecular formula is C15H25N3O2. The van der Waals surface area contributed by atoms with Crippen molar-refractivity contribution in [1.82, 2.24) is 10.1 Å². The Morgan fingerprint density at radius 1 is 1.35 bits per heavy atom. The Balaban J connectivity index is 1.97. The van der Waals surface area contributed by atoms with Crippen LogP contribution < -0.4 is 5.32 Å². The third kappa shape index (κ3) is 3.39. The summed E-state index contributed by atoms with van der Waals surface area (Å²) in [6.45, 7) is 7.93. The third-order valence-electron chi connectivity index (χ3n) is 4.16. The van der Waals surface area contributed by atoms with Crippen LogP contribution in [0.4, 0.5) is 5.88 Å². The molecule has 2 heterocycles. The van der Waals surface area contributed by atoms with E-state index in [1.807, 2.05) is 20.8 Å². The lowest BCUT2D eigenvalue weighted by Gasteiger charge is -2.26. The number of aromatic nitrogens is 1. The minimum atomic E-state index is -0.123. The van der Waals surface area contributed by atoms with Gasteiger partial charge in [0.1, 0.15) is 0 Å². The number of hydrogen-bond acceptors (Lipinski definition) is 4. The minimum Gasteiger partial charge on any atom is -0.338 e. The second-order valence-corrected chi connectivity index (χ2v) is 5.55. The second-order valence-electron chi connectivity index (χ2n) is 5.55. The van der Waals surface area contributed by atoms with Gasteiger partial charge in [0.15, 0.2) is 0 Å². The molecule has 0 radical (unpaired) electrons. The summed E-state index contributed by atoms with van der Waals surface area (Å²) in [6.07, 6.45) is 5.71. The van der Waals surface area contributed by atoms with Crippen LogP contribution in [0.1, 0.15) is 50.8 Å². The van der Waals surface area contributed by atoms with Crippen molar-refractivity contribution < 1.29 is 9.32 Å². The molecule has 1 amide bonds. The maximum Gasteiger partial charge on any atom is 0.243 e. The molecule has 5 heteroatoms. The molecule has 1 atom stereocenters. The first-order valence-corrected chi connectivity index (χ1v) is 7.63. The van der Waals surface area contributed by atoms with Crippen LogP contribution >= 0.6 is 0 Å². The zero-order chi connectivity index (χ0) is 14.5. The summed E-state index contributed by atoms with van der Waals surface area (Å²) in [5.41, 5.74) is 1.84. The van der Waals surface area contributed by atoms with Crippen LogP contribution in [-0.4, -0.2) is 35.1 Å². The Bertz CT molecular complexity index is 448. The number of carbonyl (C=O) groups is 1. The van der Waals surface area contributed by atoms with Gasteiger partial charge in [-0.2, -0.15) is 0 Å². The SMILES string of the molecule is CCc1noc(NC(=O)C(C)N2CCCCCC2)c1C. The van der Waals surface area contributed by atoms with Crippen molar-refractivity contribution in [3.05, 3.63) is 11.3 Å². The smallest absolute Gasteiger partial charge is 0.243 e. The molecule has 2 rings (SSSR count). The summed E-state index contributed by atoms with van der Waals surface area (Å²) in [4.78, 5) is 14.6. The van der Waals surface area contributed by atoms with E-state index in [1.165, 1.54) is 25.7 Å². The number of nitrogens with zero attached hydrogens (tertiary/aromatic N) is 2. The molecule has 1 fully saturated rings. The first kappa shape index (κ1) is 15.0. The van der Waals surface area contributed by atoms with E-state index in [0.29, 0.717) is 5.88 Å². The number of amides is 1. The summed E-state index contributed by atoms with van der Waals surface area (Å²) in [7, 11) is 0. The molecule has 0 spiro atoms. The van der Waals surface area contributed by atoms with E-state index in [2.05, 4.69) is 15.4 Å². The second kappa shape index (κ2) is 6.88. The van der Waals surface area contributed by atoms with Crippen LogP contribution in [0.25, 0.3) is 0 Å². The topological polar surface area (TPSA) is 58.4 Å². The molecule has 1 aromatic rings. The average Bonchev–Trinajstić information content (AvgIpc) is 2.68. The summed E-state index contributed by atoms with van der Waals surface area (Å²) in [5, 5.41) is 6.84. The van der Waals surface area contributed by atoms with Gasteiger partial charge in [-0.15, -0.1) is 0 Å². The van der Waals surface area contributed by atoms with Crippen molar-refractivity contribution >= 4 is 11.8 Å². The molecule has 1 aliphatic heterocycles. The Labute approximate surface area is 120 Å². The number of hydrogen-bond donors (Lipinski definition) is 1. The fourth-order valence-corrected chi connectivity index (χ4v) is 2.68. The maximum absolute atomic E-state index is 12.3. The van der Waals surface area contributed by atoms with Crippen LogP contribution in [0.15, 0.2) is 4.52 Å². The summed E-state index contributed by atoms with van der Waals surface area (Å²) in [6, 6.07) is -0.123. The van der Waals surface area contributed by atoms with Crippen LogP contribution in [0.5, 0.6) is 0 Å². The Morgan fingerprint density at radius 3 is 2.55 bits per heavy atom. The summed E-state index contributed by atoms with van der Waals surface area (Å²) >= 11 is 0. The lowest BCUT2D eigenvalue weighted by atomic mass is 10.2. The Hall–Kier alpha value is -1.36. The molecule has 0 aromatic carbocycles. The lowest BCUT2D eigenvalue weighted by Crippen LogP contribution is -2.42. The molecule has 1 unspecified atom stereocenters. The van der Waals surface area contributed by atoms with E-state index < -0.39 is 0 Å². The quantitative estimate of drug-likeness (QED) is 0.920. The van der Waals surface area contributed by atoms with Crippen molar-refractivity contribution in [2.45, 2.75) is 58.9 Å². The predicted molar refractivity (Wildman–Crippen MR) is 78.8 cm³/mol. The zero-order valence-electron chi connectivity index (χ0n) is 12.7. The first-order chi connectivity index (χ1) is 9.63. The summed E-state index contributed by atoms with van der Waals surface area (Å²) < 4.78 is 5.22. The Morgan fingerprint density at radius 2 is 2.00 bits per heavy atom. The van der Waals surface area contributed by atoms with Crippen molar-refractivity contribution in [3.63, 3.8) is 0 Å². The van der Waals surface area contributed by atoms with Gasteiger partial charge in [0.05, 0.1) is 11.7 Å². The Kier molecular flexibility index (Phi) is 5.17. The monoisotopic (exact) mass is 279 g/mol. The van der Waals surface area contributed by atoms with Crippen LogP contribution in [0.2, 0.25) is 0 Å². The highest BCUT2D eigenvalue weighted by atomic mass is 16.5. The largest absolute Gasteiger partial charge is 0.338 e. The normalized spacial score (nSPS) is 18.6. The highest BCUT2D eigenvalue weighted by molar-refractivity contribution is 5.94. The molecule has 1 aliphatic rings. The van der Waals surface area contributed by atoms with E-state index in [-0.39, 0.29) is 11.9 Å². The standard InChI is InChI=1S/C15H25N3O2/c1-4-13-11(2)15(20-17-13)16-14(19)12(3)18-9-7-5-6-8-10-18/h12H,4-10H2,1-3H3,(H,16,19). The van der Waals surface area contributed by atoms with Crippen molar-refractivity contribution in [1.29, 1.82) is 0 Å². The van der Waals surface area contributed by atoms with Crippen molar-refractivity contribution in [2.75, 3.05) is 18.4 Å². The molecule has 20 heavy (non-hydrogen) atoms. The van der Waals surface area contributed by atoms with E-state index in [0.717, 1.165) is 30.8 Å². The van der Waals surface area contributed by atoms with Crippen LogP contribution in [0, 0.1) is 6.92 Å².